The van der Waals surface area contributed by atoms with Crippen LogP contribution in [0.15, 0.2) is 53.7 Å². The van der Waals surface area contributed by atoms with E-state index in [-0.39, 0.29) is 36.1 Å². The average Bonchev–Trinajstić information content (AvgIpc) is 3.74. The van der Waals surface area contributed by atoms with Gasteiger partial charge in [-0.3, -0.25) is 24.3 Å². The average molecular weight is 651 g/mol. The van der Waals surface area contributed by atoms with E-state index in [9.17, 15) is 24.5 Å². The van der Waals surface area contributed by atoms with Crippen LogP contribution in [0.5, 0.6) is 5.75 Å². The minimum atomic E-state index is -0.535. The number of thiophene rings is 1. The van der Waals surface area contributed by atoms with Gasteiger partial charge in [-0.25, -0.2) is 4.79 Å². The number of anilines is 1. The molecule has 5 rings (SSSR count). The van der Waals surface area contributed by atoms with Gasteiger partial charge in [0.15, 0.2) is 11.0 Å². The van der Waals surface area contributed by atoms with Crippen molar-refractivity contribution in [1.82, 2.24) is 20.1 Å². The first-order valence-corrected chi connectivity index (χ1v) is 16.0. The third kappa shape index (κ3) is 7.32. The van der Waals surface area contributed by atoms with Crippen molar-refractivity contribution in [3.05, 3.63) is 86.0 Å². The standard InChI is InChI=1S/C30H30N6O7S2/c1-3-42-21-14-12-19(13-15-21)35-24(16-31-27(38)18-8-10-20(11-9-18)36(40)41)33-34-30(35)44-17-25(37)32-28-26(29(39)43-4-2)22-6-5-7-23(22)45-28/h8-15H,3-7,16-17H2,1-2H3,(H,31,38)(H,32,37). The number of carbonyl (C=O) groups excluding carboxylic acids is 3. The molecule has 4 aromatic rings. The molecule has 0 spiro atoms. The third-order valence-corrected chi connectivity index (χ3v) is 8.98. The molecule has 234 valence electrons. The second-order valence-electron chi connectivity index (χ2n) is 9.77. The van der Waals surface area contributed by atoms with Crippen LogP contribution in [0.2, 0.25) is 0 Å². The Kier molecular flexibility index (Phi) is 10.1. The number of ether oxygens (including phenoxy) is 2. The number of benzene rings is 2. The van der Waals surface area contributed by atoms with Crippen LogP contribution in [0.25, 0.3) is 5.69 Å². The number of aromatic nitrogens is 3. The Morgan fingerprint density at radius 1 is 1.04 bits per heavy atom. The summed E-state index contributed by atoms with van der Waals surface area (Å²) in [6, 6.07) is 12.5. The van der Waals surface area contributed by atoms with Crippen LogP contribution >= 0.6 is 23.1 Å². The highest BCUT2D eigenvalue weighted by atomic mass is 32.2. The molecule has 2 heterocycles. The maximum Gasteiger partial charge on any atom is 0.341 e. The van der Waals surface area contributed by atoms with Gasteiger partial charge in [-0.2, -0.15) is 0 Å². The predicted molar refractivity (Wildman–Crippen MR) is 168 cm³/mol. The highest BCUT2D eigenvalue weighted by Crippen LogP contribution is 2.39. The highest BCUT2D eigenvalue weighted by Gasteiger charge is 2.28. The van der Waals surface area contributed by atoms with Gasteiger partial charge in [-0.05, 0) is 75.1 Å². The molecule has 2 aromatic carbocycles. The fourth-order valence-corrected chi connectivity index (χ4v) is 6.89. The van der Waals surface area contributed by atoms with Crippen molar-refractivity contribution in [3.63, 3.8) is 0 Å². The Labute approximate surface area is 266 Å². The van der Waals surface area contributed by atoms with Crippen LogP contribution in [-0.4, -0.2) is 56.4 Å². The number of thioether (sulfide) groups is 1. The van der Waals surface area contributed by atoms with Crippen molar-refractivity contribution in [2.24, 2.45) is 0 Å². The molecule has 0 aliphatic heterocycles. The Hall–Kier alpha value is -4.76. The molecular formula is C30H30N6O7S2. The van der Waals surface area contributed by atoms with E-state index in [4.69, 9.17) is 9.47 Å². The number of carbonyl (C=O) groups is 3. The maximum absolute atomic E-state index is 13.1. The van der Waals surface area contributed by atoms with E-state index in [2.05, 4.69) is 20.8 Å². The Morgan fingerprint density at radius 3 is 2.49 bits per heavy atom. The number of aryl methyl sites for hydroxylation is 1. The Balaban J connectivity index is 1.32. The van der Waals surface area contributed by atoms with Crippen molar-refractivity contribution < 1.29 is 28.8 Å². The van der Waals surface area contributed by atoms with Crippen molar-refractivity contribution in [1.29, 1.82) is 0 Å². The van der Waals surface area contributed by atoms with Gasteiger partial charge in [0.1, 0.15) is 10.8 Å². The molecule has 45 heavy (non-hydrogen) atoms. The number of hydrogen-bond acceptors (Lipinski definition) is 11. The minimum absolute atomic E-state index is 0.00750. The quantitative estimate of drug-likeness (QED) is 0.0873. The van der Waals surface area contributed by atoms with Crippen molar-refractivity contribution >= 4 is 51.6 Å². The molecule has 1 aliphatic rings. The molecule has 0 saturated carbocycles. The van der Waals surface area contributed by atoms with Crippen LogP contribution in [0, 0.1) is 10.1 Å². The monoisotopic (exact) mass is 650 g/mol. The molecule has 2 amide bonds. The lowest BCUT2D eigenvalue weighted by atomic mass is 10.1. The van der Waals surface area contributed by atoms with E-state index in [0.29, 0.717) is 39.6 Å². The molecule has 0 saturated heterocycles. The largest absolute Gasteiger partial charge is 0.494 e. The molecule has 2 N–H and O–H groups in total. The van der Waals surface area contributed by atoms with Gasteiger partial charge >= 0.3 is 5.97 Å². The van der Waals surface area contributed by atoms with Gasteiger partial charge in [-0.15, -0.1) is 21.5 Å². The molecule has 1 aliphatic carbocycles. The molecule has 13 nitrogen and oxygen atoms in total. The molecule has 2 aromatic heterocycles. The summed E-state index contributed by atoms with van der Waals surface area (Å²) < 4.78 is 12.5. The van der Waals surface area contributed by atoms with Crippen LogP contribution in [-0.2, 0) is 28.9 Å². The first-order chi connectivity index (χ1) is 21.8. The first-order valence-electron chi connectivity index (χ1n) is 14.2. The number of amides is 2. The Bertz CT molecular complexity index is 1720. The second-order valence-corrected chi connectivity index (χ2v) is 11.8. The van der Waals surface area contributed by atoms with Crippen LogP contribution in [0.3, 0.4) is 0 Å². The molecule has 0 unspecified atom stereocenters. The van der Waals surface area contributed by atoms with Crippen molar-refractivity contribution in [2.75, 3.05) is 24.3 Å². The summed E-state index contributed by atoms with van der Waals surface area (Å²) in [5, 5.41) is 26.1. The summed E-state index contributed by atoms with van der Waals surface area (Å²) >= 11 is 2.56. The molecule has 0 bridgehead atoms. The summed E-state index contributed by atoms with van der Waals surface area (Å²) in [6.45, 7) is 4.37. The molecule has 0 atom stereocenters. The van der Waals surface area contributed by atoms with E-state index in [0.717, 1.165) is 41.5 Å². The van der Waals surface area contributed by atoms with E-state index < -0.39 is 16.8 Å². The fourth-order valence-electron chi connectivity index (χ4n) is 4.83. The number of nitro groups is 1. The number of hydrogen-bond donors (Lipinski definition) is 2. The summed E-state index contributed by atoms with van der Waals surface area (Å²) in [7, 11) is 0. The van der Waals surface area contributed by atoms with Gasteiger partial charge in [0.25, 0.3) is 11.6 Å². The number of nitrogens with zero attached hydrogens (tertiary/aromatic N) is 4. The number of rotatable bonds is 13. The molecular weight excluding hydrogens is 620 g/mol. The molecule has 0 radical (unpaired) electrons. The SMILES string of the molecule is CCOC(=O)c1c(NC(=O)CSc2nnc(CNC(=O)c3ccc([N+](=O)[O-])cc3)n2-c2ccc(OCC)cc2)sc2c1CCC2. The lowest BCUT2D eigenvalue weighted by Gasteiger charge is -2.12. The van der Waals surface area contributed by atoms with Gasteiger partial charge in [0, 0.05) is 28.3 Å². The van der Waals surface area contributed by atoms with Crippen molar-refractivity contribution in [3.8, 4) is 11.4 Å². The van der Waals surface area contributed by atoms with Gasteiger partial charge in [0.05, 0.1) is 36.0 Å². The molecule has 15 heteroatoms. The number of nitrogens with one attached hydrogen (secondary N) is 2. The van der Waals surface area contributed by atoms with Crippen LogP contribution in [0.1, 0.15) is 57.2 Å². The van der Waals surface area contributed by atoms with E-state index in [1.165, 1.54) is 35.6 Å². The number of nitro benzene ring substituents is 1. The predicted octanol–water partition coefficient (Wildman–Crippen LogP) is 4.96. The smallest absolute Gasteiger partial charge is 0.341 e. The van der Waals surface area contributed by atoms with E-state index in [1.807, 2.05) is 19.1 Å². The van der Waals surface area contributed by atoms with Crippen LogP contribution < -0.4 is 15.4 Å². The topological polar surface area (TPSA) is 168 Å². The third-order valence-electron chi connectivity index (χ3n) is 6.84. The zero-order chi connectivity index (χ0) is 31.9. The normalized spacial score (nSPS) is 12.0. The number of fused-ring (bicyclic) bond motifs is 1. The van der Waals surface area contributed by atoms with Gasteiger partial charge in [0.2, 0.25) is 5.91 Å². The lowest BCUT2D eigenvalue weighted by Crippen LogP contribution is -2.24. The fraction of sp³-hybridized carbons (Fsp3) is 0.300. The summed E-state index contributed by atoms with van der Waals surface area (Å²) in [6.07, 6.45) is 2.61. The zero-order valence-corrected chi connectivity index (χ0v) is 26.2. The first kappa shape index (κ1) is 31.7. The number of non-ortho nitro benzene ring substituents is 1. The molecule has 0 fully saturated rings. The highest BCUT2D eigenvalue weighted by molar-refractivity contribution is 7.99. The lowest BCUT2D eigenvalue weighted by molar-refractivity contribution is -0.384. The van der Waals surface area contributed by atoms with E-state index >= 15 is 0 Å². The minimum Gasteiger partial charge on any atom is -0.494 e. The Morgan fingerprint density at radius 2 is 1.80 bits per heavy atom. The second kappa shape index (κ2) is 14.3. The van der Waals surface area contributed by atoms with E-state index in [1.54, 1.807) is 23.6 Å². The van der Waals surface area contributed by atoms with Crippen molar-refractivity contribution in [2.45, 2.75) is 44.8 Å². The van der Waals surface area contributed by atoms with Crippen LogP contribution in [0.4, 0.5) is 10.7 Å². The van der Waals surface area contributed by atoms with Gasteiger partial charge < -0.3 is 20.1 Å². The zero-order valence-electron chi connectivity index (χ0n) is 24.5. The number of esters is 1. The summed E-state index contributed by atoms with van der Waals surface area (Å²) in [5.74, 6) is -0.141. The summed E-state index contributed by atoms with van der Waals surface area (Å²) in [5.41, 5.74) is 2.21. The summed E-state index contributed by atoms with van der Waals surface area (Å²) in [4.78, 5) is 50.1. The van der Waals surface area contributed by atoms with Gasteiger partial charge in [-0.1, -0.05) is 11.8 Å². The maximum atomic E-state index is 13.1.